The summed E-state index contributed by atoms with van der Waals surface area (Å²) in [7, 11) is 1.53. The summed E-state index contributed by atoms with van der Waals surface area (Å²) in [6.07, 6.45) is 0.952. The van der Waals surface area contributed by atoms with Crippen molar-refractivity contribution in [2.24, 2.45) is 18.9 Å². The number of aromatic nitrogens is 2. The molecule has 1 aliphatic carbocycles. The van der Waals surface area contributed by atoms with Crippen molar-refractivity contribution in [3.05, 3.63) is 53.2 Å². The van der Waals surface area contributed by atoms with Crippen molar-refractivity contribution in [1.82, 2.24) is 9.78 Å². The molecule has 3 aromatic rings. The minimum atomic E-state index is -4.51. The van der Waals surface area contributed by atoms with Crippen LogP contribution in [-0.4, -0.2) is 39.5 Å². The van der Waals surface area contributed by atoms with Crippen LogP contribution < -0.4 is 9.64 Å². The van der Waals surface area contributed by atoms with E-state index in [4.69, 9.17) is 4.74 Å². The number of benzene rings is 2. The van der Waals surface area contributed by atoms with E-state index in [0.717, 1.165) is 61.1 Å². The first kappa shape index (κ1) is 25.1. The van der Waals surface area contributed by atoms with Gasteiger partial charge in [-0.1, -0.05) is 19.1 Å². The molecular formula is C29H32F3N3O3. The second kappa shape index (κ2) is 8.92. The molecule has 1 aromatic heterocycles. The predicted molar refractivity (Wildman–Crippen MR) is 138 cm³/mol. The second-order valence-electron chi connectivity index (χ2n) is 11.3. The molecule has 1 saturated heterocycles. The van der Waals surface area contributed by atoms with Gasteiger partial charge in [-0.25, -0.2) is 0 Å². The first-order valence-corrected chi connectivity index (χ1v) is 13.4. The highest BCUT2D eigenvalue weighted by atomic mass is 19.4. The number of aliphatic carboxylic acids is 1. The van der Waals surface area contributed by atoms with Crippen LogP contribution in [0.15, 0.2) is 36.4 Å². The number of aryl methyl sites for hydroxylation is 2. The number of piperidine rings is 1. The number of carbonyl (C=O) groups is 1. The Labute approximate surface area is 219 Å². The molecule has 2 aliphatic heterocycles. The van der Waals surface area contributed by atoms with E-state index in [1.165, 1.54) is 11.7 Å². The van der Waals surface area contributed by atoms with Crippen LogP contribution in [0.5, 0.6) is 5.75 Å². The average molecular weight is 528 g/mol. The number of carboxylic acids is 1. The van der Waals surface area contributed by atoms with E-state index in [2.05, 4.69) is 28.2 Å². The van der Waals surface area contributed by atoms with Gasteiger partial charge in [-0.15, -0.1) is 0 Å². The zero-order valence-corrected chi connectivity index (χ0v) is 21.6. The van der Waals surface area contributed by atoms with Crippen LogP contribution in [0.3, 0.4) is 0 Å². The van der Waals surface area contributed by atoms with Crippen LogP contribution in [0.4, 0.5) is 18.9 Å². The van der Waals surface area contributed by atoms with E-state index in [9.17, 15) is 23.1 Å². The van der Waals surface area contributed by atoms with Gasteiger partial charge in [0.25, 0.3) is 0 Å². The van der Waals surface area contributed by atoms with Crippen LogP contribution >= 0.6 is 0 Å². The number of rotatable bonds is 5. The summed E-state index contributed by atoms with van der Waals surface area (Å²) in [5.41, 5.74) is 2.25. The quantitative estimate of drug-likeness (QED) is 0.430. The Hall–Kier alpha value is -3.23. The fourth-order valence-corrected chi connectivity index (χ4v) is 6.49. The third-order valence-electron chi connectivity index (χ3n) is 8.85. The number of anilines is 1. The number of ether oxygens (including phenoxy) is 1. The second-order valence-corrected chi connectivity index (χ2v) is 11.3. The number of fused-ring (bicyclic) bond motifs is 2. The summed E-state index contributed by atoms with van der Waals surface area (Å²) < 4.78 is 48.6. The van der Waals surface area contributed by atoms with E-state index in [0.29, 0.717) is 24.5 Å². The third kappa shape index (κ3) is 4.39. The molecule has 2 atom stereocenters. The van der Waals surface area contributed by atoms with Gasteiger partial charge in [0, 0.05) is 44.1 Å². The van der Waals surface area contributed by atoms with Gasteiger partial charge in [-0.3, -0.25) is 9.48 Å². The van der Waals surface area contributed by atoms with Crippen molar-refractivity contribution in [1.29, 1.82) is 0 Å². The average Bonchev–Trinajstić information content (AvgIpc) is 3.65. The Morgan fingerprint density at radius 2 is 1.87 bits per heavy atom. The molecule has 2 fully saturated rings. The van der Waals surface area contributed by atoms with Gasteiger partial charge in [-0.05, 0) is 72.9 Å². The first-order chi connectivity index (χ1) is 18.0. The van der Waals surface area contributed by atoms with Gasteiger partial charge in [0.15, 0.2) is 5.69 Å². The monoisotopic (exact) mass is 527 g/mol. The smallest absolute Gasteiger partial charge is 0.435 e. The zero-order chi connectivity index (χ0) is 26.8. The van der Waals surface area contributed by atoms with Gasteiger partial charge < -0.3 is 14.7 Å². The number of hydrogen-bond acceptors (Lipinski definition) is 4. The number of hydrogen-bond donors (Lipinski definition) is 1. The highest BCUT2D eigenvalue weighted by Crippen LogP contribution is 2.49. The lowest BCUT2D eigenvalue weighted by Gasteiger charge is -2.45. The fourth-order valence-electron chi connectivity index (χ4n) is 6.49. The zero-order valence-electron chi connectivity index (χ0n) is 21.6. The number of alkyl halides is 3. The van der Waals surface area contributed by atoms with E-state index in [-0.39, 0.29) is 16.9 Å². The molecule has 6 rings (SSSR count). The minimum absolute atomic E-state index is 0.00916. The summed E-state index contributed by atoms with van der Waals surface area (Å²) >= 11 is 0. The van der Waals surface area contributed by atoms with E-state index < -0.39 is 23.8 Å². The standard InChI is InChI=1S/C29H32F3N3O3/c1-17(27(36)37)25(19-4-5-19)20-6-3-18-9-10-28(38-24(18)15-20)11-13-35(14-12-28)21-7-8-23-22(16-21)26(29(30,31)32)33-34(23)2/h3,6-8,15-17,19,25H,4-5,9-14H2,1-2H3,(H,36,37)/t17-,25?/m0/s1. The SMILES string of the molecule is C[C@H](C(=O)O)C(c1ccc2c(c1)OC1(CC2)CCN(c2ccc3c(c2)c(C(F)(F)F)nn3C)CC1)C1CC1. The maximum atomic E-state index is 13.5. The minimum Gasteiger partial charge on any atom is -0.487 e. The molecule has 1 unspecified atom stereocenters. The summed E-state index contributed by atoms with van der Waals surface area (Å²) in [5, 5.41) is 13.5. The normalized spacial score (nSPS) is 20.7. The van der Waals surface area contributed by atoms with E-state index in [1.807, 2.05) is 6.07 Å². The molecule has 0 radical (unpaired) electrons. The largest absolute Gasteiger partial charge is 0.487 e. The van der Waals surface area contributed by atoms with Crippen LogP contribution in [0.25, 0.3) is 10.9 Å². The molecule has 1 saturated carbocycles. The molecule has 202 valence electrons. The molecule has 3 aliphatic rings. The molecule has 2 aromatic carbocycles. The fraction of sp³-hybridized carbons (Fsp3) is 0.517. The van der Waals surface area contributed by atoms with Gasteiger partial charge in [-0.2, -0.15) is 18.3 Å². The van der Waals surface area contributed by atoms with Crippen molar-refractivity contribution < 1.29 is 27.8 Å². The molecule has 9 heteroatoms. The maximum absolute atomic E-state index is 13.5. The first-order valence-electron chi connectivity index (χ1n) is 13.4. The molecular weight excluding hydrogens is 495 g/mol. The lowest BCUT2D eigenvalue weighted by molar-refractivity contribution is -0.142. The van der Waals surface area contributed by atoms with Crippen molar-refractivity contribution in [3.63, 3.8) is 0 Å². The molecule has 0 bridgehead atoms. The highest BCUT2D eigenvalue weighted by Gasteiger charge is 2.42. The van der Waals surface area contributed by atoms with Crippen molar-refractivity contribution in [3.8, 4) is 5.75 Å². The Kier molecular flexibility index (Phi) is 5.88. The van der Waals surface area contributed by atoms with E-state index in [1.54, 1.807) is 19.1 Å². The van der Waals surface area contributed by atoms with Crippen molar-refractivity contribution in [2.75, 3.05) is 18.0 Å². The van der Waals surface area contributed by atoms with Gasteiger partial charge in [0.05, 0.1) is 11.4 Å². The molecule has 6 nitrogen and oxygen atoms in total. The highest BCUT2D eigenvalue weighted by molar-refractivity contribution is 5.86. The van der Waals surface area contributed by atoms with Crippen molar-refractivity contribution in [2.45, 2.75) is 63.1 Å². The molecule has 38 heavy (non-hydrogen) atoms. The Balaban J connectivity index is 1.20. The van der Waals surface area contributed by atoms with Gasteiger partial charge in [0.2, 0.25) is 0 Å². The van der Waals surface area contributed by atoms with Gasteiger partial charge in [0.1, 0.15) is 11.4 Å². The van der Waals surface area contributed by atoms with Crippen LogP contribution in [0.1, 0.15) is 61.8 Å². The summed E-state index contributed by atoms with van der Waals surface area (Å²) in [6, 6.07) is 11.4. The molecule has 1 N–H and O–H groups in total. The molecule has 1 spiro atoms. The van der Waals surface area contributed by atoms with Crippen LogP contribution in [-0.2, 0) is 24.4 Å². The maximum Gasteiger partial charge on any atom is 0.435 e. The van der Waals surface area contributed by atoms with Gasteiger partial charge >= 0.3 is 12.1 Å². The summed E-state index contributed by atoms with van der Waals surface area (Å²) in [4.78, 5) is 13.9. The predicted octanol–water partition coefficient (Wildman–Crippen LogP) is 6.17. The Morgan fingerprint density at radius 1 is 1.13 bits per heavy atom. The Bertz CT molecular complexity index is 1390. The van der Waals surface area contributed by atoms with Crippen LogP contribution in [0, 0.1) is 11.8 Å². The third-order valence-corrected chi connectivity index (χ3v) is 8.85. The number of nitrogens with zero attached hydrogens (tertiary/aromatic N) is 3. The Morgan fingerprint density at radius 3 is 2.53 bits per heavy atom. The van der Waals surface area contributed by atoms with Crippen molar-refractivity contribution >= 4 is 22.6 Å². The van der Waals surface area contributed by atoms with Crippen LogP contribution in [0.2, 0.25) is 0 Å². The topological polar surface area (TPSA) is 67.6 Å². The molecule has 0 amide bonds. The number of carboxylic acid groups (broad SMARTS) is 1. The lowest BCUT2D eigenvalue weighted by Crippen LogP contribution is -2.49. The summed E-state index contributed by atoms with van der Waals surface area (Å²) in [5.74, 6) is 0.0460. The molecule has 3 heterocycles. The van der Waals surface area contributed by atoms with E-state index >= 15 is 0 Å². The number of halogens is 3. The lowest BCUT2D eigenvalue weighted by atomic mass is 9.80. The summed E-state index contributed by atoms with van der Waals surface area (Å²) in [6.45, 7) is 3.16.